The highest BCUT2D eigenvalue weighted by Gasteiger charge is 2.28. The van der Waals surface area contributed by atoms with Crippen molar-refractivity contribution in [1.29, 1.82) is 0 Å². The van der Waals surface area contributed by atoms with Gasteiger partial charge in [0.2, 0.25) is 10.0 Å². The van der Waals surface area contributed by atoms with Gasteiger partial charge in [-0.05, 0) is 42.8 Å². The molecule has 0 aliphatic carbocycles. The SMILES string of the molecule is COc1ccc(Cl)cc1S(=O)(=O)NCC(C)(O)c1ccc(F)cc1. The van der Waals surface area contributed by atoms with Crippen LogP contribution in [0.4, 0.5) is 4.39 Å². The molecule has 24 heavy (non-hydrogen) atoms. The maximum atomic E-state index is 13.0. The lowest BCUT2D eigenvalue weighted by Crippen LogP contribution is -2.38. The number of rotatable bonds is 6. The Morgan fingerprint density at radius 1 is 1.25 bits per heavy atom. The van der Waals surface area contributed by atoms with Gasteiger partial charge < -0.3 is 9.84 Å². The van der Waals surface area contributed by atoms with E-state index in [0.29, 0.717) is 5.56 Å². The van der Waals surface area contributed by atoms with Gasteiger partial charge in [0.05, 0.1) is 7.11 Å². The van der Waals surface area contributed by atoms with Gasteiger partial charge in [0, 0.05) is 11.6 Å². The molecule has 2 N–H and O–H groups in total. The molecule has 0 radical (unpaired) electrons. The van der Waals surface area contributed by atoms with Crippen molar-refractivity contribution < 1.29 is 22.7 Å². The second-order valence-corrected chi connectivity index (χ2v) is 7.57. The van der Waals surface area contributed by atoms with E-state index in [4.69, 9.17) is 16.3 Å². The first-order valence-electron chi connectivity index (χ1n) is 6.97. The first kappa shape index (κ1) is 18.7. The van der Waals surface area contributed by atoms with Gasteiger partial charge in [0.15, 0.2) is 0 Å². The van der Waals surface area contributed by atoms with E-state index in [1.807, 2.05) is 0 Å². The molecule has 0 saturated carbocycles. The van der Waals surface area contributed by atoms with Gasteiger partial charge in [-0.15, -0.1) is 0 Å². The molecule has 0 spiro atoms. The lowest BCUT2D eigenvalue weighted by molar-refractivity contribution is 0.0627. The Morgan fingerprint density at radius 3 is 2.46 bits per heavy atom. The van der Waals surface area contributed by atoms with Gasteiger partial charge in [-0.25, -0.2) is 17.5 Å². The lowest BCUT2D eigenvalue weighted by Gasteiger charge is -2.24. The van der Waals surface area contributed by atoms with Crippen LogP contribution in [0, 0.1) is 5.82 Å². The summed E-state index contributed by atoms with van der Waals surface area (Å²) in [6, 6.07) is 9.38. The van der Waals surface area contributed by atoms with Crippen LogP contribution in [-0.2, 0) is 15.6 Å². The van der Waals surface area contributed by atoms with E-state index >= 15 is 0 Å². The maximum Gasteiger partial charge on any atom is 0.244 e. The Morgan fingerprint density at radius 2 is 1.88 bits per heavy atom. The summed E-state index contributed by atoms with van der Waals surface area (Å²) in [4.78, 5) is -0.132. The molecule has 1 unspecified atom stereocenters. The Labute approximate surface area is 145 Å². The largest absolute Gasteiger partial charge is 0.495 e. The summed E-state index contributed by atoms with van der Waals surface area (Å²) in [7, 11) is -2.62. The zero-order chi connectivity index (χ0) is 18.0. The number of halogens is 2. The summed E-state index contributed by atoms with van der Waals surface area (Å²) in [6.07, 6.45) is 0. The minimum atomic E-state index is -3.97. The van der Waals surface area contributed by atoms with Crippen LogP contribution in [0.3, 0.4) is 0 Å². The van der Waals surface area contributed by atoms with Gasteiger partial charge in [-0.1, -0.05) is 23.7 Å². The quantitative estimate of drug-likeness (QED) is 0.816. The molecule has 0 bridgehead atoms. The topological polar surface area (TPSA) is 75.6 Å². The average Bonchev–Trinajstić information content (AvgIpc) is 2.53. The molecule has 0 aromatic heterocycles. The normalized spacial score (nSPS) is 14.2. The van der Waals surface area contributed by atoms with Crippen molar-refractivity contribution in [2.45, 2.75) is 17.4 Å². The molecule has 8 heteroatoms. The number of hydrogen-bond donors (Lipinski definition) is 2. The third-order valence-corrected chi connectivity index (χ3v) is 5.15. The molecular weight excluding hydrogens is 357 g/mol. The van der Waals surface area contributed by atoms with Crippen LogP contribution in [0.1, 0.15) is 12.5 Å². The van der Waals surface area contributed by atoms with Crippen molar-refractivity contribution in [3.05, 3.63) is 58.9 Å². The molecule has 0 fully saturated rings. The van der Waals surface area contributed by atoms with Crippen LogP contribution in [0.15, 0.2) is 47.4 Å². The zero-order valence-corrected chi connectivity index (χ0v) is 14.7. The highest BCUT2D eigenvalue weighted by Crippen LogP contribution is 2.28. The fourth-order valence-corrected chi connectivity index (χ4v) is 3.65. The van der Waals surface area contributed by atoms with Crippen molar-refractivity contribution in [1.82, 2.24) is 4.72 Å². The molecule has 0 aliphatic heterocycles. The highest BCUT2D eigenvalue weighted by molar-refractivity contribution is 7.89. The van der Waals surface area contributed by atoms with Gasteiger partial charge >= 0.3 is 0 Å². The number of benzene rings is 2. The summed E-state index contributed by atoms with van der Waals surface area (Å²) in [5, 5.41) is 10.7. The smallest absolute Gasteiger partial charge is 0.244 e. The molecule has 0 saturated heterocycles. The summed E-state index contributed by atoms with van der Waals surface area (Å²) >= 11 is 5.85. The number of hydrogen-bond acceptors (Lipinski definition) is 4. The van der Waals surface area contributed by atoms with Gasteiger partial charge in [-0.3, -0.25) is 0 Å². The monoisotopic (exact) mass is 373 g/mol. The van der Waals surface area contributed by atoms with Crippen LogP contribution in [-0.4, -0.2) is 27.2 Å². The highest BCUT2D eigenvalue weighted by atomic mass is 35.5. The standard InChI is InChI=1S/C16H17ClFNO4S/c1-16(20,11-3-6-13(18)7-4-11)10-19-24(21,22)15-9-12(17)5-8-14(15)23-2/h3-9,19-20H,10H2,1-2H3. The van der Waals surface area contributed by atoms with Crippen LogP contribution >= 0.6 is 11.6 Å². The van der Waals surface area contributed by atoms with E-state index < -0.39 is 21.4 Å². The van der Waals surface area contributed by atoms with E-state index in [2.05, 4.69) is 4.72 Å². The van der Waals surface area contributed by atoms with Gasteiger partial charge in [0.1, 0.15) is 22.1 Å². The first-order valence-corrected chi connectivity index (χ1v) is 8.83. The Bertz CT molecular complexity index is 822. The van der Waals surface area contributed by atoms with Gasteiger partial charge in [-0.2, -0.15) is 0 Å². The predicted octanol–water partition coefficient (Wildman–Crippen LogP) is 2.67. The number of aliphatic hydroxyl groups is 1. The minimum Gasteiger partial charge on any atom is -0.495 e. The second kappa shape index (κ2) is 7.06. The summed E-state index contributed by atoms with van der Waals surface area (Å²) in [5.41, 5.74) is -1.14. The minimum absolute atomic E-state index is 0.132. The van der Waals surface area contributed by atoms with E-state index in [0.717, 1.165) is 0 Å². The molecule has 2 aromatic rings. The van der Waals surface area contributed by atoms with Crippen LogP contribution in [0.25, 0.3) is 0 Å². The van der Waals surface area contributed by atoms with Crippen molar-refractivity contribution in [2.24, 2.45) is 0 Å². The van der Waals surface area contributed by atoms with Crippen molar-refractivity contribution >= 4 is 21.6 Å². The summed E-state index contributed by atoms with van der Waals surface area (Å²) < 4.78 is 45.3. The number of methoxy groups -OCH3 is 1. The first-order chi connectivity index (χ1) is 11.2. The molecule has 0 heterocycles. The number of ether oxygens (including phenoxy) is 1. The second-order valence-electron chi connectivity index (χ2n) is 5.40. The maximum absolute atomic E-state index is 13.0. The number of sulfonamides is 1. The molecule has 0 aliphatic rings. The summed E-state index contributed by atoms with van der Waals surface area (Å²) in [5.74, 6) is -0.313. The molecule has 1 atom stereocenters. The fraction of sp³-hybridized carbons (Fsp3) is 0.250. The van der Waals surface area contributed by atoms with E-state index in [1.54, 1.807) is 0 Å². The van der Waals surface area contributed by atoms with Crippen LogP contribution in [0.2, 0.25) is 5.02 Å². The molecule has 2 aromatic carbocycles. The van der Waals surface area contributed by atoms with E-state index in [9.17, 15) is 17.9 Å². The van der Waals surface area contributed by atoms with Gasteiger partial charge in [0.25, 0.3) is 0 Å². The lowest BCUT2D eigenvalue weighted by atomic mass is 9.96. The van der Waals surface area contributed by atoms with Crippen LogP contribution in [0.5, 0.6) is 5.75 Å². The van der Waals surface area contributed by atoms with E-state index in [-0.39, 0.29) is 22.2 Å². The molecule has 130 valence electrons. The summed E-state index contributed by atoms with van der Waals surface area (Å²) in [6.45, 7) is 1.12. The molecule has 0 amide bonds. The van der Waals surface area contributed by atoms with Crippen molar-refractivity contribution in [2.75, 3.05) is 13.7 Å². The number of nitrogens with one attached hydrogen (secondary N) is 1. The zero-order valence-electron chi connectivity index (χ0n) is 13.1. The van der Waals surface area contributed by atoms with Crippen molar-refractivity contribution in [3.8, 4) is 5.75 Å². The molecule has 2 rings (SSSR count). The van der Waals surface area contributed by atoms with Crippen molar-refractivity contribution in [3.63, 3.8) is 0 Å². The average molecular weight is 374 g/mol. The third kappa shape index (κ3) is 4.24. The third-order valence-electron chi connectivity index (χ3n) is 3.49. The van der Waals surface area contributed by atoms with E-state index in [1.165, 1.54) is 56.5 Å². The van der Waals surface area contributed by atoms with Crippen LogP contribution < -0.4 is 9.46 Å². The predicted molar refractivity (Wildman–Crippen MR) is 89.2 cm³/mol. The molecular formula is C16H17ClFNO4S. The Kier molecular flexibility index (Phi) is 5.49. The Hall–Kier alpha value is -1.67. The Balaban J connectivity index is 2.24. The fourth-order valence-electron chi connectivity index (χ4n) is 2.08. The molecule has 5 nitrogen and oxygen atoms in total.